The summed E-state index contributed by atoms with van der Waals surface area (Å²) in [6.45, 7) is 0.307. The van der Waals surface area contributed by atoms with Crippen LogP contribution in [0.3, 0.4) is 0 Å². The molecule has 7 nitrogen and oxygen atoms in total. The predicted molar refractivity (Wildman–Crippen MR) is 94.3 cm³/mol. The summed E-state index contributed by atoms with van der Waals surface area (Å²) in [5, 5.41) is 0. The van der Waals surface area contributed by atoms with Crippen molar-refractivity contribution in [2.75, 3.05) is 24.9 Å². The van der Waals surface area contributed by atoms with Crippen LogP contribution >= 0.6 is 22.6 Å². The minimum atomic E-state index is -5.60. The third-order valence-electron chi connectivity index (χ3n) is 3.56. The highest BCUT2D eigenvalue weighted by Gasteiger charge is 2.46. The summed E-state index contributed by atoms with van der Waals surface area (Å²) < 4.78 is 89.4. The third-order valence-corrected chi connectivity index (χ3v) is 7.27. The van der Waals surface area contributed by atoms with Crippen LogP contribution in [0.5, 0.6) is 0 Å². The second-order valence-corrected chi connectivity index (χ2v) is 10.3. The zero-order valence-corrected chi connectivity index (χ0v) is 16.7. The Kier molecular flexibility index (Phi) is 5.93. The van der Waals surface area contributed by atoms with Crippen LogP contribution in [0.4, 0.5) is 18.9 Å². The van der Waals surface area contributed by atoms with Gasteiger partial charge in [0.05, 0.1) is 5.69 Å². The van der Waals surface area contributed by atoms with Crippen molar-refractivity contribution >= 4 is 48.5 Å². The van der Waals surface area contributed by atoms with Gasteiger partial charge < -0.3 is 0 Å². The fourth-order valence-electron chi connectivity index (χ4n) is 2.24. The summed E-state index contributed by atoms with van der Waals surface area (Å²) >= 11 is 1.90. The molecule has 1 aliphatic rings. The molecule has 142 valence electrons. The highest BCUT2D eigenvalue weighted by molar-refractivity contribution is 14.1. The van der Waals surface area contributed by atoms with E-state index in [1.165, 1.54) is 30.0 Å². The van der Waals surface area contributed by atoms with Crippen molar-refractivity contribution in [1.29, 1.82) is 0 Å². The summed E-state index contributed by atoms with van der Waals surface area (Å²) in [7, 11) is -7.93. The van der Waals surface area contributed by atoms with E-state index < -0.39 is 25.7 Å². The van der Waals surface area contributed by atoms with Crippen molar-refractivity contribution in [3.63, 3.8) is 0 Å². The summed E-state index contributed by atoms with van der Waals surface area (Å²) in [6.07, 6.45) is 0.559. The third kappa shape index (κ3) is 4.56. The lowest BCUT2D eigenvalue weighted by Gasteiger charge is -2.32. The number of anilines is 1. The number of hydrogen-bond donors (Lipinski definition) is 1. The van der Waals surface area contributed by atoms with Gasteiger partial charge in [0.15, 0.2) is 0 Å². The number of sulfonamides is 1. The smallest absolute Gasteiger partial charge is 0.276 e. The lowest BCUT2D eigenvalue weighted by Crippen LogP contribution is -2.47. The largest absolute Gasteiger partial charge is 0.516 e. The van der Waals surface area contributed by atoms with Gasteiger partial charge in [-0.25, -0.2) is 0 Å². The predicted octanol–water partition coefficient (Wildman–Crippen LogP) is 1.94. The molecule has 0 saturated carbocycles. The van der Waals surface area contributed by atoms with Crippen LogP contribution < -0.4 is 4.72 Å². The summed E-state index contributed by atoms with van der Waals surface area (Å²) in [4.78, 5) is 0. The first-order valence-corrected chi connectivity index (χ1v) is 10.9. The van der Waals surface area contributed by atoms with Gasteiger partial charge in [-0.2, -0.15) is 38.6 Å². The van der Waals surface area contributed by atoms with Crippen molar-refractivity contribution < 1.29 is 30.0 Å². The molecule has 0 aliphatic carbocycles. The number of nitrogens with zero attached hydrogens (tertiary/aromatic N) is 2. The van der Waals surface area contributed by atoms with Gasteiger partial charge in [0, 0.05) is 30.3 Å². The van der Waals surface area contributed by atoms with E-state index >= 15 is 0 Å². The van der Waals surface area contributed by atoms with Crippen LogP contribution in [-0.4, -0.2) is 51.1 Å². The number of halogens is 4. The molecule has 13 heteroatoms. The van der Waals surface area contributed by atoms with E-state index in [4.69, 9.17) is 0 Å². The van der Waals surface area contributed by atoms with Crippen molar-refractivity contribution in [2.24, 2.45) is 0 Å². The zero-order valence-electron chi connectivity index (χ0n) is 12.9. The Labute approximate surface area is 157 Å². The van der Waals surface area contributed by atoms with Gasteiger partial charge >= 0.3 is 15.5 Å². The number of alkyl halides is 3. The molecule has 0 amide bonds. The first kappa shape index (κ1) is 20.7. The second-order valence-electron chi connectivity index (χ2n) is 5.37. The lowest BCUT2D eigenvalue weighted by atomic mass is 10.2. The fourth-order valence-corrected chi connectivity index (χ4v) is 4.82. The van der Waals surface area contributed by atoms with Gasteiger partial charge in [-0.1, -0.05) is 0 Å². The number of rotatable bonds is 4. The summed E-state index contributed by atoms with van der Waals surface area (Å²) in [5.74, 6) is 0. The van der Waals surface area contributed by atoms with E-state index in [1.54, 1.807) is 0 Å². The molecule has 1 aromatic rings. The maximum absolute atomic E-state index is 12.6. The van der Waals surface area contributed by atoms with Crippen LogP contribution in [-0.2, 0) is 26.8 Å². The molecule has 0 aromatic heterocycles. The quantitative estimate of drug-likeness (QED) is 0.624. The van der Waals surface area contributed by atoms with Crippen molar-refractivity contribution in [2.45, 2.75) is 18.5 Å². The van der Waals surface area contributed by atoms with E-state index in [1.807, 2.05) is 22.6 Å². The Bertz CT molecular complexity index is 859. The monoisotopic (exact) mass is 513 g/mol. The Hall–Kier alpha value is -0.640. The molecule has 0 atom stereocenters. The molecule has 0 radical (unpaired) electrons. The Morgan fingerprint density at radius 2 is 1.92 bits per heavy atom. The van der Waals surface area contributed by atoms with Gasteiger partial charge in [-0.05, 0) is 52.8 Å². The Morgan fingerprint density at radius 3 is 2.52 bits per heavy atom. The molecular weight excluding hydrogens is 498 g/mol. The maximum atomic E-state index is 12.6. The standard InChI is InChI=1S/C12H15F3IN3O4S2/c1-18-5-2-6-19(25(18,22)23)8-9-7-10(16)3-4-11(9)17-24(20,21)12(13,14)15/h3-4,7,17H,2,5-6,8H2,1H3. The van der Waals surface area contributed by atoms with Crippen LogP contribution in [0.15, 0.2) is 18.2 Å². The molecule has 1 saturated heterocycles. The van der Waals surface area contributed by atoms with Crippen molar-refractivity contribution in [3.8, 4) is 0 Å². The minimum Gasteiger partial charge on any atom is -0.276 e. The summed E-state index contributed by atoms with van der Waals surface area (Å²) in [6, 6.07) is 4.05. The molecule has 1 fully saturated rings. The molecule has 1 aromatic carbocycles. The zero-order chi connectivity index (χ0) is 19.0. The molecule has 25 heavy (non-hydrogen) atoms. The molecule has 0 unspecified atom stereocenters. The number of benzene rings is 1. The first-order chi connectivity index (χ1) is 11.3. The number of nitrogens with one attached hydrogen (secondary N) is 1. The highest BCUT2D eigenvalue weighted by atomic mass is 127. The molecular formula is C12H15F3IN3O4S2. The SMILES string of the molecule is CN1CCCN(Cc2cc(I)ccc2NS(=O)(=O)C(F)(F)F)S1(=O)=O. The molecule has 1 aliphatic heterocycles. The van der Waals surface area contributed by atoms with Crippen LogP contribution in [0.25, 0.3) is 0 Å². The van der Waals surface area contributed by atoms with Crippen LogP contribution in [0, 0.1) is 3.57 Å². The Balaban J connectivity index is 2.37. The normalized spacial score (nSPS) is 19.7. The first-order valence-electron chi connectivity index (χ1n) is 6.93. The van der Waals surface area contributed by atoms with E-state index in [0.717, 1.165) is 8.61 Å². The average molecular weight is 513 g/mol. The van der Waals surface area contributed by atoms with Gasteiger partial charge in [0.1, 0.15) is 0 Å². The van der Waals surface area contributed by atoms with E-state index in [0.29, 0.717) is 16.5 Å². The second kappa shape index (κ2) is 7.17. The molecule has 1 N–H and O–H groups in total. The van der Waals surface area contributed by atoms with Crippen molar-refractivity contribution in [3.05, 3.63) is 27.3 Å². The van der Waals surface area contributed by atoms with Gasteiger partial charge in [0.2, 0.25) is 0 Å². The highest BCUT2D eigenvalue weighted by Crippen LogP contribution is 2.29. The average Bonchev–Trinajstić information content (AvgIpc) is 2.46. The van der Waals surface area contributed by atoms with Crippen molar-refractivity contribution in [1.82, 2.24) is 8.61 Å². The molecule has 0 spiro atoms. The summed E-state index contributed by atoms with van der Waals surface area (Å²) in [5.41, 5.74) is -5.63. The van der Waals surface area contributed by atoms with Gasteiger partial charge in [0.25, 0.3) is 10.2 Å². The molecule has 0 bridgehead atoms. The van der Waals surface area contributed by atoms with Gasteiger partial charge in [-0.15, -0.1) is 0 Å². The maximum Gasteiger partial charge on any atom is 0.516 e. The van der Waals surface area contributed by atoms with E-state index in [2.05, 4.69) is 0 Å². The van der Waals surface area contributed by atoms with E-state index in [-0.39, 0.29) is 24.3 Å². The number of hydrogen-bond acceptors (Lipinski definition) is 4. The topological polar surface area (TPSA) is 86.8 Å². The fraction of sp³-hybridized carbons (Fsp3) is 0.500. The van der Waals surface area contributed by atoms with Gasteiger partial charge in [-0.3, -0.25) is 4.72 Å². The molecule has 1 heterocycles. The van der Waals surface area contributed by atoms with E-state index in [9.17, 15) is 30.0 Å². The minimum absolute atomic E-state index is 0.138. The van der Waals surface area contributed by atoms with Crippen LogP contribution in [0.1, 0.15) is 12.0 Å². The van der Waals surface area contributed by atoms with Crippen LogP contribution in [0.2, 0.25) is 0 Å². The lowest BCUT2D eigenvalue weighted by molar-refractivity contribution is -0.0429. The molecule has 2 rings (SSSR count). The Morgan fingerprint density at radius 1 is 1.28 bits per heavy atom.